The Morgan fingerprint density at radius 3 is 2.54 bits per heavy atom. The number of hydrogen-bond acceptors (Lipinski definition) is 4. The first-order valence-electron chi connectivity index (χ1n) is 9.02. The van der Waals surface area contributed by atoms with Gasteiger partial charge in [-0.15, -0.1) is 0 Å². The van der Waals surface area contributed by atoms with E-state index in [2.05, 4.69) is 26.6 Å². The van der Waals surface area contributed by atoms with Crippen LogP contribution in [0.15, 0.2) is 46.9 Å². The van der Waals surface area contributed by atoms with Gasteiger partial charge in [0.15, 0.2) is 0 Å². The average molecular weight is 447 g/mol. The second-order valence-corrected chi connectivity index (χ2v) is 7.11. The fraction of sp³-hybridized carbons (Fsp3) is 0.286. The first kappa shape index (κ1) is 21.6. The molecule has 148 valence electrons. The third kappa shape index (κ3) is 6.20. The molecule has 0 aliphatic rings. The molecule has 28 heavy (non-hydrogen) atoms. The second kappa shape index (κ2) is 10.6. The zero-order valence-corrected chi connectivity index (χ0v) is 17.5. The first-order valence-corrected chi connectivity index (χ1v) is 9.82. The van der Waals surface area contributed by atoms with Crippen molar-refractivity contribution in [3.05, 3.63) is 63.6 Å². The lowest BCUT2D eigenvalue weighted by molar-refractivity contribution is -0.116. The third-order valence-electron chi connectivity index (χ3n) is 3.94. The van der Waals surface area contributed by atoms with Gasteiger partial charge in [0.1, 0.15) is 0 Å². The molecule has 0 atom stereocenters. The molecule has 0 unspecified atom stereocenters. The number of aryl methyl sites for hydroxylation is 1. The number of hydrogen-bond donors (Lipinski definition) is 2. The molecule has 7 heteroatoms. The summed E-state index contributed by atoms with van der Waals surface area (Å²) in [6, 6.07) is 12.2. The van der Waals surface area contributed by atoms with Gasteiger partial charge < -0.3 is 15.4 Å². The second-order valence-electron chi connectivity index (χ2n) is 6.19. The van der Waals surface area contributed by atoms with Crippen molar-refractivity contribution >= 4 is 39.4 Å². The summed E-state index contributed by atoms with van der Waals surface area (Å²) in [5.74, 6) is -1.03. The Labute approximate surface area is 172 Å². The monoisotopic (exact) mass is 446 g/mol. The van der Waals surface area contributed by atoms with E-state index in [4.69, 9.17) is 4.74 Å². The summed E-state index contributed by atoms with van der Waals surface area (Å²) in [6.07, 6.45) is 0.791. The lowest BCUT2D eigenvalue weighted by Gasteiger charge is -2.12. The largest absolute Gasteiger partial charge is 0.462 e. The summed E-state index contributed by atoms with van der Waals surface area (Å²) in [5, 5.41) is 5.44. The van der Waals surface area contributed by atoms with E-state index in [1.807, 2.05) is 26.0 Å². The van der Waals surface area contributed by atoms with Gasteiger partial charge in [0.2, 0.25) is 5.91 Å². The minimum atomic E-state index is -0.494. The van der Waals surface area contributed by atoms with Crippen LogP contribution in [0.25, 0.3) is 0 Å². The van der Waals surface area contributed by atoms with Crippen LogP contribution >= 0.6 is 15.9 Å². The number of rotatable bonds is 8. The number of carbonyl (C=O) groups excluding carboxylic acids is 3. The van der Waals surface area contributed by atoms with Crippen molar-refractivity contribution in [2.75, 3.05) is 18.5 Å². The number of ether oxygens (including phenoxy) is 1. The zero-order chi connectivity index (χ0) is 20.5. The summed E-state index contributed by atoms with van der Waals surface area (Å²) in [7, 11) is 0. The van der Waals surface area contributed by atoms with Crippen molar-refractivity contribution in [1.29, 1.82) is 0 Å². The van der Waals surface area contributed by atoms with E-state index in [1.165, 1.54) is 0 Å². The van der Waals surface area contributed by atoms with E-state index in [-0.39, 0.29) is 30.3 Å². The van der Waals surface area contributed by atoms with Gasteiger partial charge in [-0.3, -0.25) is 9.59 Å². The predicted molar refractivity (Wildman–Crippen MR) is 111 cm³/mol. The number of benzene rings is 2. The highest BCUT2D eigenvalue weighted by Gasteiger charge is 2.16. The molecular formula is C21H23BrN2O4. The Morgan fingerprint density at radius 1 is 1.07 bits per heavy atom. The number of halogens is 1. The van der Waals surface area contributed by atoms with Crippen LogP contribution in [-0.2, 0) is 9.53 Å². The molecule has 0 heterocycles. The maximum absolute atomic E-state index is 12.2. The number of carbonyl (C=O) groups is 3. The van der Waals surface area contributed by atoms with Crippen LogP contribution in [0.5, 0.6) is 0 Å². The average Bonchev–Trinajstić information content (AvgIpc) is 2.67. The molecule has 2 aromatic rings. The Kier molecular flexibility index (Phi) is 8.19. The normalized spacial score (nSPS) is 10.2. The van der Waals surface area contributed by atoms with Crippen LogP contribution in [0.2, 0.25) is 0 Å². The molecule has 2 aromatic carbocycles. The van der Waals surface area contributed by atoms with Crippen LogP contribution in [0.1, 0.15) is 46.0 Å². The third-order valence-corrected chi connectivity index (χ3v) is 4.43. The molecule has 0 fully saturated rings. The van der Waals surface area contributed by atoms with Crippen molar-refractivity contribution in [2.45, 2.75) is 26.7 Å². The standard InChI is InChI=1S/C21H23BrN2O4/c1-3-12-28-21(27)17-13-15(22)8-9-18(17)24-19(25)10-11-23-20(26)16-7-5-4-6-14(16)2/h4-9,13H,3,10-12H2,1-2H3,(H,23,26)(H,24,25). The minimum absolute atomic E-state index is 0.0805. The van der Waals surface area contributed by atoms with Crippen molar-refractivity contribution in [1.82, 2.24) is 5.32 Å². The maximum atomic E-state index is 12.2. The molecule has 0 saturated carbocycles. The van der Waals surface area contributed by atoms with E-state index in [9.17, 15) is 14.4 Å². The highest BCUT2D eigenvalue weighted by Crippen LogP contribution is 2.22. The SMILES string of the molecule is CCCOC(=O)c1cc(Br)ccc1NC(=O)CCNC(=O)c1ccccc1C. The lowest BCUT2D eigenvalue weighted by Crippen LogP contribution is -2.28. The Hall–Kier alpha value is -2.67. The smallest absolute Gasteiger partial charge is 0.340 e. The Bertz CT molecular complexity index is 867. The first-order chi connectivity index (χ1) is 13.4. The van der Waals surface area contributed by atoms with Gasteiger partial charge in [-0.25, -0.2) is 4.79 Å². The number of esters is 1. The van der Waals surface area contributed by atoms with E-state index in [0.717, 1.165) is 5.56 Å². The highest BCUT2D eigenvalue weighted by atomic mass is 79.9. The van der Waals surface area contributed by atoms with E-state index >= 15 is 0 Å². The lowest BCUT2D eigenvalue weighted by atomic mass is 10.1. The molecule has 0 aliphatic heterocycles. The molecule has 0 saturated heterocycles. The fourth-order valence-electron chi connectivity index (χ4n) is 2.49. The van der Waals surface area contributed by atoms with Gasteiger partial charge in [0.05, 0.1) is 17.9 Å². The van der Waals surface area contributed by atoms with Crippen molar-refractivity contribution in [2.24, 2.45) is 0 Å². The molecule has 2 rings (SSSR count). The minimum Gasteiger partial charge on any atom is -0.462 e. The molecule has 0 aromatic heterocycles. The van der Waals surface area contributed by atoms with Crippen molar-refractivity contribution in [3.8, 4) is 0 Å². The predicted octanol–water partition coefficient (Wildman–Crippen LogP) is 4.08. The van der Waals surface area contributed by atoms with Crippen LogP contribution in [0.3, 0.4) is 0 Å². The number of amides is 2. The Morgan fingerprint density at radius 2 is 1.82 bits per heavy atom. The quantitative estimate of drug-likeness (QED) is 0.598. The topological polar surface area (TPSA) is 84.5 Å². The van der Waals surface area contributed by atoms with Crippen molar-refractivity contribution < 1.29 is 19.1 Å². The molecule has 0 bridgehead atoms. The highest BCUT2D eigenvalue weighted by molar-refractivity contribution is 9.10. The van der Waals surface area contributed by atoms with Gasteiger partial charge in [-0.2, -0.15) is 0 Å². The van der Waals surface area contributed by atoms with Crippen molar-refractivity contribution in [3.63, 3.8) is 0 Å². The van der Waals surface area contributed by atoms with E-state index < -0.39 is 5.97 Å². The molecule has 0 radical (unpaired) electrons. The molecule has 0 spiro atoms. The summed E-state index contributed by atoms with van der Waals surface area (Å²) in [4.78, 5) is 36.6. The zero-order valence-electron chi connectivity index (χ0n) is 15.9. The molecule has 6 nitrogen and oxygen atoms in total. The van der Waals surface area contributed by atoms with Gasteiger partial charge in [0, 0.05) is 23.0 Å². The number of anilines is 1. The summed E-state index contributed by atoms with van der Waals surface area (Å²) < 4.78 is 5.87. The number of nitrogens with one attached hydrogen (secondary N) is 2. The van der Waals surface area contributed by atoms with Crippen LogP contribution in [-0.4, -0.2) is 30.9 Å². The maximum Gasteiger partial charge on any atom is 0.340 e. The van der Waals surface area contributed by atoms with Crippen LogP contribution in [0.4, 0.5) is 5.69 Å². The van der Waals surface area contributed by atoms with Crippen LogP contribution < -0.4 is 10.6 Å². The van der Waals surface area contributed by atoms with Gasteiger partial charge in [-0.1, -0.05) is 41.1 Å². The fourth-order valence-corrected chi connectivity index (χ4v) is 2.85. The molecule has 2 amide bonds. The van der Waals surface area contributed by atoms with E-state index in [0.29, 0.717) is 28.8 Å². The molecule has 2 N–H and O–H groups in total. The van der Waals surface area contributed by atoms with E-state index in [1.54, 1.807) is 30.3 Å². The van der Waals surface area contributed by atoms with Crippen LogP contribution in [0, 0.1) is 6.92 Å². The van der Waals surface area contributed by atoms with Gasteiger partial charge in [0.25, 0.3) is 5.91 Å². The Balaban J connectivity index is 1.93. The summed E-state index contributed by atoms with van der Waals surface area (Å²) >= 11 is 3.32. The summed E-state index contributed by atoms with van der Waals surface area (Å²) in [6.45, 7) is 4.26. The molecule has 0 aliphatic carbocycles. The van der Waals surface area contributed by atoms with Gasteiger partial charge in [-0.05, 0) is 43.2 Å². The summed E-state index contributed by atoms with van der Waals surface area (Å²) in [5.41, 5.74) is 2.10. The molecular weight excluding hydrogens is 424 g/mol. The van der Waals surface area contributed by atoms with Gasteiger partial charge >= 0.3 is 5.97 Å².